The number of anilines is 3. The van der Waals surface area contributed by atoms with E-state index in [-0.39, 0.29) is 72.9 Å². The van der Waals surface area contributed by atoms with E-state index in [1.165, 1.54) is 24.1 Å². The van der Waals surface area contributed by atoms with Crippen LogP contribution in [0, 0.1) is 11.6 Å². The van der Waals surface area contributed by atoms with E-state index in [0.717, 1.165) is 21.9 Å². The maximum atomic E-state index is 16.1. The Morgan fingerprint density at radius 3 is 2.29 bits per heavy atom. The summed E-state index contributed by atoms with van der Waals surface area (Å²) >= 11 is 0. The van der Waals surface area contributed by atoms with Crippen molar-refractivity contribution in [2.75, 3.05) is 94.1 Å². The van der Waals surface area contributed by atoms with Crippen LogP contribution in [0.2, 0.25) is 0 Å². The van der Waals surface area contributed by atoms with Crippen molar-refractivity contribution < 1.29 is 55.4 Å². The van der Waals surface area contributed by atoms with Gasteiger partial charge in [-0.3, -0.25) is 38.5 Å². The molecule has 0 radical (unpaired) electrons. The largest absolute Gasteiger partial charge is 0.382 e. The molecule has 2 saturated heterocycles. The van der Waals surface area contributed by atoms with Gasteiger partial charge in [-0.1, -0.05) is 13.0 Å². The number of hydrogen-bond donors (Lipinski definition) is 2. The van der Waals surface area contributed by atoms with Crippen LogP contribution in [0.25, 0.3) is 27.8 Å². The maximum absolute atomic E-state index is 16.1. The van der Waals surface area contributed by atoms with Crippen LogP contribution in [-0.2, 0) is 38.6 Å². The second-order valence-corrected chi connectivity index (χ2v) is 19.4. The van der Waals surface area contributed by atoms with E-state index in [1.54, 1.807) is 49.6 Å². The van der Waals surface area contributed by atoms with Crippen molar-refractivity contribution in [2.45, 2.75) is 57.5 Å². The Morgan fingerprint density at radius 2 is 1.57 bits per heavy atom. The number of nitrogens with zero attached hydrogens (tertiary/aromatic N) is 8. The van der Waals surface area contributed by atoms with Gasteiger partial charge in [-0.2, -0.15) is 0 Å². The Hall–Kier alpha value is -6.95. The van der Waals surface area contributed by atoms with Crippen molar-refractivity contribution in [2.24, 2.45) is 0 Å². The molecule has 0 saturated carbocycles. The molecule has 3 aromatic heterocycles. The van der Waals surface area contributed by atoms with Crippen LogP contribution in [0.5, 0.6) is 0 Å². The molecule has 0 bridgehead atoms. The normalized spacial score (nSPS) is 16.5. The lowest BCUT2D eigenvalue weighted by Gasteiger charge is -2.37. The number of amides is 5. The van der Waals surface area contributed by atoms with Crippen LogP contribution in [0.4, 0.5) is 26.0 Å². The average molecular weight is 1020 g/mol. The van der Waals surface area contributed by atoms with Gasteiger partial charge in [-0.05, 0) is 62.1 Å². The molecule has 5 aromatic rings. The highest BCUT2D eigenvalue weighted by Crippen LogP contribution is 2.37. The summed E-state index contributed by atoms with van der Waals surface area (Å²) in [5.74, 6) is -3.71. The zero-order valence-electron chi connectivity index (χ0n) is 40.1. The summed E-state index contributed by atoms with van der Waals surface area (Å²) in [5, 5.41) is 3.14. The number of benzene rings is 2. The highest BCUT2D eigenvalue weighted by Gasteiger charge is 2.47. The van der Waals surface area contributed by atoms with Gasteiger partial charge in [0.15, 0.2) is 5.82 Å². The fourth-order valence-electron chi connectivity index (χ4n) is 9.13. The number of piperidine rings is 2. The van der Waals surface area contributed by atoms with Crippen LogP contribution < -0.4 is 14.9 Å². The van der Waals surface area contributed by atoms with Gasteiger partial charge >= 0.3 is 0 Å². The number of likely N-dealkylation sites (tertiary alicyclic amines) is 2. The molecule has 6 heterocycles. The molecule has 2 aromatic carbocycles. The minimum Gasteiger partial charge on any atom is -0.382 e. The molecule has 0 spiro atoms. The molecule has 0 aliphatic carbocycles. The predicted octanol–water partition coefficient (Wildman–Crippen LogP) is 4.64. The molecule has 1 unspecified atom stereocenters. The van der Waals surface area contributed by atoms with E-state index < -0.39 is 51.1 Å². The fourth-order valence-corrected chi connectivity index (χ4v) is 10.3. The Kier molecular flexibility index (Phi) is 16.2. The van der Waals surface area contributed by atoms with Gasteiger partial charge in [0.1, 0.15) is 29.7 Å². The number of hydrogen-bond acceptors (Lipinski definition) is 15. The van der Waals surface area contributed by atoms with E-state index in [0.29, 0.717) is 99.0 Å². The number of nitrogens with one attached hydrogen (secondary N) is 2. The van der Waals surface area contributed by atoms with Gasteiger partial charge in [-0.25, -0.2) is 32.2 Å². The monoisotopic (exact) mass is 1010 g/mol. The van der Waals surface area contributed by atoms with E-state index in [2.05, 4.69) is 20.0 Å². The van der Waals surface area contributed by atoms with Gasteiger partial charge in [0.2, 0.25) is 21.8 Å². The smallest absolute Gasteiger partial charge is 0.264 e. The van der Waals surface area contributed by atoms with Crippen LogP contribution in [0.3, 0.4) is 0 Å². The summed E-state index contributed by atoms with van der Waals surface area (Å²) in [6.07, 6.45) is 8.05. The Bertz CT molecular complexity index is 2950. The summed E-state index contributed by atoms with van der Waals surface area (Å²) in [5.41, 5.74) is 1.83. The van der Waals surface area contributed by atoms with Gasteiger partial charge in [0.05, 0.1) is 79.7 Å². The number of aromatic nitrogens is 4. The second-order valence-electron chi connectivity index (χ2n) is 17.5. The first-order valence-corrected chi connectivity index (χ1v) is 25.4. The van der Waals surface area contributed by atoms with Crippen LogP contribution in [0.15, 0.2) is 67.4 Å². The number of halogens is 2. The van der Waals surface area contributed by atoms with Crippen molar-refractivity contribution >= 4 is 67.8 Å². The van der Waals surface area contributed by atoms with Crippen molar-refractivity contribution in [3.05, 3.63) is 90.1 Å². The molecular weight excluding hydrogens is 959 g/mol. The van der Waals surface area contributed by atoms with E-state index in [9.17, 15) is 32.4 Å². The molecule has 1 atom stereocenters. The van der Waals surface area contributed by atoms with Crippen LogP contribution >= 0.6 is 0 Å². The molecule has 20 nitrogen and oxygen atoms in total. The molecular formula is C49H56F2N10O10S. The number of imide groups is 2. The first kappa shape index (κ1) is 51.4. The van der Waals surface area contributed by atoms with Crippen LogP contribution in [0.1, 0.15) is 66.2 Å². The topological polar surface area (TPSA) is 228 Å². The first-order chi connectivity index (χ1) is 34.7. The van der Waals surface area contributed by atoms with Crippen molar-refractivity contribution in [1.82, 2.24) is 34.2 Å². The molecule has 3 aliphatic heterocycles. The molecule has 8 rings (SSSR count). The van der Waals surface area contributed by atoms with Crippen molar-refractivity contribution in [3.63, 3.8) is 0 Å². The lowest BCUT2D eigenvalue weighted by Crippen LogP contribution is -2.54. The summed E-state index contributed by atoms with van der Waals surface area (Å²) in [7, 11) is -0.609. The quantitative estimate of drug-likeness (QED) is 0.0712. The number of likely N-dealkylation sites (N-methyl/N-ethyl adjacent to an activating group) is 1. The highest BCUT2D eigenvalue weighted by molar-refractivity contribution is 7.92. The van der Waals surface area contributed by atoms with Crippen molar-refractivity contribution in [3.8, 4) is 16.8 Å². The molecule has 2 N–H and O–H groups in total. The number of carbonyl (C=O) groups is 5. The van der Waals surface area contributed by atoms with Gasteiger partial charge in [0.25, 0.3) is 17.7 Å². The molecule has 23 heteroatoms. The molecule has 3 aliphatic rings. The molecule has 5 amide bonds. The lowest BCUT2D eigenvalue weighted by molar-refractivity contribution is -0.149. The SMILES string of the molecule is CCCS(=O)(=O)Nc1ccc(F)c(-n2cc(-c3cncnc3)c3nc(N(C)C4CCN(C(=O)CCOCCOCCOCCNc5cccc6c5C(=O)N(C5CCC(=O)N(C)C5=O)C6=O)CC4)ccc32)c1F. The third kappa shape index (κ3) is 11.1. The predicted molar refractivity (Wildman–Crippen MR) is 261 cm³/mol. The summed E-state index contributed by atoms with van der Waals surface area (Å²) < 4.78 is 77.1. The number of fused-ring (bicyclic) bond motifs is 2. The van der Waals surface area contributed by atoms with Gasteiger partial charge in [0, 0.05) is 81.6 Å². The lowest BCUT2D eigenvalue weighted by atomic mass is 10.0. The standard InChI is InChI=1S/C49H56F2N10O10S/c1-4-26-72(67,68)56-37-9-8-35(50)46(44(37)51)60-29-34(31-27-52-30-53-28-31)45-38(60)10-12-40(55-45)57(2)32-14-18-59(19-15-32)42(63)16-20-69-22-24-71-25-23-70-21-17-54-36-7-5-6-33-43(36)49(66)61(47(33)64)39-11-13-41(62)58(3)48(39)65/h5-10,12,27-30,32,39,54,56H,4,11,13-26H2,1-3H3. The minimum atomic E-state index is -3.87. The Balaban J connectivity index is 0.750. The van der Waals surface area contributed by atoms with Gasteiger partial charge in [-0.15, -0.1) is 0 Å². The third-order valence-electron chi connectivity index (χ3n) is 12.9. The number of ether oxygens (including phenoxy) is 3. The molecule has 72 heavy (non-hydrogen) atoms. The summed E-state index contributed by atoms with van der Waals surface area (Å²) in [6, 6.07) is 9.42. The van der Waals surface area contributed by atoms with Crippen LogP contribution in [-0.4, -0.2) is 163 Å². The summed E-state index contributed by atoms with van der Waals surface area (Å²) in [6.45, 7) is 4.80. The van der Waals surface area contributed by atoms with E-state index >= 15 is 8.78 Å². The average Bonchev–Trinajstić information content (AvgIpc) is 3.87. The van der Waals surface area contributed by atoms with E-state index in [1.807, 2.05) is 16.8 Å². The fraction of sp³-hybridized carbons (Fsp3) is 0.429. The number of carbonyl (C=O) groups excluding carboxylic acids is 5. The highest BCUT2D eigenvalue weighted by atomic mass is 32.2. The van der Waals surface area contributed by atoms with Crippen molar-refractivity contribution in [1.29, 1.82) is 0 Å². The second kappa shape index (κ2) is 22.6. The number of sulfonamides is 1. The molecule has 382 valence electrons. The molecule has 2 fully saturated rings. The number of rotatable bonds is 22. The Morgan fingerprint density at radius 1 is 0.861 bits per heavy atom. The Labute approximate surface area is 414 Å². The zero-order chi connectivity index (χ0) is 51.1. The third-order valence-corrected chi connectivity index (χ3v) is 14.4. The maximum Gasteiger partial charge on any atom is 0.264 e. The van der Waals surface area contributed by atoms with Gasteiger partial charge < -0.3 is 33.9 Å². The summed E-state index contributed by atoms with van der Waals surface area (Å²) in [4.78, 5) is 83.4. The minimum absolute atomic E-state index is 0.0186. The zero-order valence-corrected chi connectivity index (χ0v) is 41.0. The first-order valence-electron chi connectivity index (χ1n) is 23.7. The number of pyridine rings is 1. The van der Waals surface area contributed by atoms with E-state index in [4.69, 9.17) is 19.2 Å².